The Kier molecular flexibility index (Phi) is 4.26. The molecule has 124 valence electrons. The molecular formula is C19H23N5. The van der Waals surface area contributed by atoms with Crippen LogP contribution in [0.5, 0.6) is 0 Å². The van der Waals surface area contributed by atoms with Crippen LogP contribution in [0.4, 0.5) is 0 Å². The number of aryl methyl sites for hydroxylation is 1. The molecule has 0 spiro atoms. The second kappa shape index (κ2) is 6.69. The number of rotatable bonds is 4. The van der Waals surface area contributed by atoms with Crippen LogP contribution >= 0.6 is 0 Å². The summed E-state index contributed by atoms with van der Waals surface area (Å²) in [5.74, 6) is 0.454. The van der Waals surface area contributed by atoms with Crippen molar-refractivity contribution >= 4 is 11.2 Å². The fourth-order valence-electron chi connectivity index (χ4n) is 3.69. The zero-order chi connectivity index (χ0) is 16.4. The fourth-order valence-corrected chi connectivity index (χ4v) is 3.69. The first-order chi connectivity index (χ1) is 11.8. The predicted molar refractivity (Wildman–Crippen MR) is 94.9 cm³/mol. The first-order valence-electron chi connectivity index (χ1n) is 8.71. The number of benzene rings is 1. The zero-order valence-electron chi connectivity index (χ0n) is 14.1. The second-order valence-electron chi connectivity index (χ2n) is 6.61. The van der Waals surface area contributed by atoms with E-state index in [1.807, 2.05) is 11.7 Å². The Morgan fingerprint density at radius 1 is 1.12 bits per heavy atom. The fraction of sp³-hybridized carbons (Fsp3) is 0.421. The highest BCUT2D eigenvalue weighted by Crippen LogP contribution is 2.29. The van der Waals surface area contributed by atoms with Crippen LogP contribution in [0.3, 0.4) is 0 Å². The van der Waals surface area contributed by atoms with E-state index in [4.69, 9.17) is 5.10 Å². The van der Waals surface area contributed by atoms with Crippen LogP contribution in [-0.2, 0) is 13.5 Å². The van der Waals surface area contributed by atoms with E-state index in [9.17, 15) is 0 Å². The van der Waals surface area contributed by atoms with Gasteiger partial charge >= 0.3 is 0 Å². The molecule has 0 amide bonds. The molecule has 1 aliphatic rings. The van der Waals surface area contributed by atoms with Crippen LogP contribution in [-0.4, -0.2) is 44.3 Å². The van der Waals surface area contributed by atoms with Crippen molar-refractivity contribution in [3.63, 3.8) is 0 Å². The molecular weight excluding hydrogens is 298 g/mol. The second-order valence-corrected chi connectivity index (χ2v) is 6.61. The first kappa shape index (κ1) is 15.3. The van der Waals surface area contributed by atoms with Gasteiger partial charge in [-0.3, -0.25) is 0 Å². The minimum atomic E-state index is 0.454. The summed E-state index contributed by atoms with van der Waals surface area (Å²) in [5, 5.41) is 4.73. The predicted octanol–water partition coefficient (Wildman–Crippen LogP) is 2.79. The van der Waals surface area contributed by atoms with Crippen LogP contribution in [0, 0.1) is 0 Å². The molecule has 2 aromatic heterocycles. The molecule has 1 aromatic carbocycles. The van der Waals surface area contributed by atoms with E-state index in [0.717, 1.165) is 36.4 Å². The van der Waals surface area contributed by atoms with Crippen molar-refractivity contribution in [2.75, 3.05) is 19.6 Å². The zero-order valence-corrected chi connectivity index (χ0v) is 14.1. The number of aromatic nitrogens is 4. The lowest BCUT2D eigenvalue weighted by Crippen LogP contribution is -2.36. The molecule has 0 aliphatic carbocycles. The smallest absolute Gasteiger partial charge is 0.176 e. The number of hydrogen-bond donors (Lipinski definition) is 0. The summed E-state index contributed by atoms with van der Waals surface area (Å²) < 4.78 is 1.86. The maximum atomic E-state index is 4.73. The lowest BCUT2D eigenvalue weighted by atomic mass is 9.94. The molecule has 3 aromatic rings. The van der Waals surface area contributed by atoms with Crippen molar-refractivity contribution < 1.29 is 0 Å². The molecule has 0 N–H and O–H groups in total. The van der Waals surface area contributed by atoms with Crippen molar-refractivity contribution in [2.45, 2.75) is 25.2 Å². The van der Waals surface area contributed by atoms with Gasteiger partial charge in [0, 0.05) is 38.4 Å². The number of piperidine rings is 1. The van der Waals surface area contributed by atoms with Gasteiger partial charge in [-0.15, -0.1) is 0 Å². The van der Waals surface area contributed by atoms with Gasteiger partial charge in [0.15, 0.2) is 5.65 Å². The number of fused-ring (bicyclic) bond motifs is 1. The van der Waals surface area contributed by atoms with Gasteiger partial charge in [-0.25, -0.2) is 14.6 Å². The van der Waals surface area contributed by atoms with Gasteiger partial charge in [-0.1, -0.05) is 30.3 Å². The lowest BCUT2D eigenvalue weighted by molar-refractivity contribution is 0.208. The Morgan fingerprint density at radius 2 is 1.96 bits per heavy atom. The average Bonchev–Trinajstić information content (AvgIpc) is 2.98. The minimum Gasteiger partial charge on any atom is -0.302 e. The number of nitrogens with zero attached hydrogens (tertiary/aromatic N) is 5. The summed E-state index contributed by atoms with van der Waals surface area (Å²) in [4.78, 5) is 11.5. The molecule has 0 bridgehead atoms. The van der Waals surface area contributed by atoms with Gasteiger partial charge < -0.3 is 4.90 Å². The van der Waals surface area contributed by atoms with E-state index in [1.165, 1.54) is 24.9 Å². The summed E-state index contributed by atoms with van der Waals surface area (Å²) in [6.07, 6.45) is 7.02. The van der Waals surface area contributed by atoms with Gasteiger partial charge in [0.05, 0.1) is 5.69 Å². The monoisotopic (exact) mass is 321 g/mol. The largest absolute Gasteiger partial charge is 0.302 e. The molecule has 4 rings (SSSR count). The van der Waals surface area contributed by atoms with Gasteiger partial charge in [0.25, 0.3) is 0 Å². The average molecular weight is 321 g/mol. The van der Waals surface area contributed by atoms with Crippen LogP contribution in [0.25, 0.3) is 11.2 Å². The molecule has 0 radical (unpaired) electrons. The van der Waals surface area contributed by atoms with Crippen LogP contribution in [0.15, 0.2) is 42.7 Å². The molecule has 0 saturated carbocycles. The Hall–Kier alpha value is -2.27. The normalized spacial score (nSPS) is 19.0. The van der Waals surface area contributed by atoms with E-state index >= 15 is 0 Å². The highest BCUT2D eigenvalue weighted by Gasteiger charge is 2.26. The van der Waals surface area contributed by atoms with Crippen molar-refractivity contribution in [1.82, 2.24) is 24.6 Å². The third-order valence-electron chi connectivity index (χ3n) is 4.94. The first-order valence-corrected chi connectivity index (χ1v) is 8.71. The Labute approximate surface area is 142 Å². The van der Waals surface area contributed by atoms with Crippen LogP contribution in [0.1, 0.15) is 30.0 Å². The van der Waals surface area contributed by atoms with Crippen molar-refractivity contribution in [3.8, 4) is 0 Å². The molecule has 5 nitrogen and oxygen atoms in total. The Bertz CT molecular complexity index is 811. The molecule has 1 aliphatic heterocycles. The van der Waals surface area contributed by atoms with E-state index in [-0.39, 0.29) is 0 Å². The molecule has 1 saturated heterocycles. The Morgan fingerprint density at radius 3 is 2.83 bits per heavy atom. The maximum Gasteiger partial charge on any atom is 0.176 e. The quantitative estimate of drug-likeness (QED) is 0.741. The summed E-state index contributed by atoms with van der Waals surface area (Å²) in [6, 6.07) is 10.7. The van der Waals surface area contributed by atoms with Crippen molar-refractivity contribution in [2.24, 2.45) is 7.05 Å². The molecule has 5 heteroatoms. The SMILES string of the molecule is Cn1nc(C2CCCN(CCc3ccccc3)C2)c2nccnc21. The molecule has 1 atom stereocenters. The van der Waals surface area contributed by atoms with Gasteiger partial charge in [0.1, 0.15) is 5.52 Å². The van der Waals surface area contributed by atoms with E-state index in [1.54, 1.807) is 12.4 Å². The van der Waals surface area contributed by atoms with Crippen molar-refractivity contribution in [3.05, 3.63) is 54.0 Å². The number of likely N-dealkylation sites (tertiary alicyclic amines) is 1. The van der Waals surface area contributed by atoms with Crippen molar-refractivity contribution in [1.29, 1.82) is 0 Å². The third kappa shape index (κ3) is 3.04. The summed E-state index contributed by atoms with van der Waals surface area (Å²) in [5.41, 5.74) is 4.38. The van der Waals surface area contributed by atoms with Gasteiger partial charge in [-0.2, -0.15) is 5.10 Å². The highest BCUT2D eigenvalue weighted by molar-refractivity contribution is 5.73. The number of hydrogen-bond acceptors (Lipinski definition) is 4. The van der Waals surface area contributed by atoms with Crippen LogP contribution in [0.2, 0.25) is 0 Å². The Balaban J connectivity index is 1.48. The maximum absolute atomic E-state index is 4.73. The van der Waals surface area contributed by atoms with Crippen LogP contribution < -0.4 is 0 Å². The highest BCUT2D eigenvalue weighted by atomic mass is 15.3. The summed E-state index contributed by atoms with van der Waals surface area (Å²) in [6.45, 7) is 3.35. The standard InChI is InChI=1S/C19H23N5/c1-23-19-18(20-10-11-21-19)17(22-23)16-8-5-12-24(14-16)13-9-15-6-3-2-4-7-15/h2-4,6-7,10-11,16H,5,8-9,12-14H2,1H3. The minimum absolute atomic E-state index is 0.454. The molecule has 3 heterocycles. The topological polar surface area (TPSA) is 46.8 Å². The van der Waals surface area contributed by atoms with E-state index in [2.05, 4.69) is 45.2 Å². The summed E-state index contributed by atoms with van der Waals surface area (Å²) >= 11 is 0. The molecule has 24 heavy (non-hydrogen) atoms. The van der Waals surface area contributed by atoms with Gasteiger partial charge in [0.2, 0.25) is 0 Å². The van der Waals surface area contributed by atoms with Gasteiger partial charge in [-0.05, 0) is 31.4 Å². The third-order valence-corrected chi connectivity index (χ3v) is 4.94. The van der Waals surface area contributed by atoms with E-state index < -0.39 is 0 Å². The lowest BCUT2D eigenvalue weighted by Gasteiger charge is -2.32. The molecule has 1 unspecified atom stereocenters. The summed E-state index contributed by atoms with van der Waals surface area (Å²) in [7, 11) is 1.95. The van der Waals surface area contributed by atoms with E-state index in [0.29, 0.717) is 5.92 Å². The molecule has 1 fully saturated rings.